The summed E-state index contributed by atoms with van der Waals surface area (Å²) in [6, 6.07) is 8.22. The van der Waals surface area contributed by atoms with E-state index in [4.69, 9.17) is 7.85 Å². The lowest BCUT2D eigenvalue weighted by Crippen LogP contribution is -2.43. The second-order valence-electron chi connectivity index (χ2n) is 4.78. The first-order chi connectivity index (χ1) is 8.24. The summed E-state index contributed by atoms with van der Waals surface area (Å²) >= 11 is 0. The van der Waals surface area contributed by atoms with Crippen LogP contribution in [0.25, 0.3) is 0 Å². The lowest BCUT2D eigenvalue weighted by molar-refractivity contribution is 0.288. The first kappa shape index (κ1) is 10.7. The van der Waals surface area contributed by atoms with Crippen molar-refractivity contribution in [3.63, 3.8) is 0 Å². The minimum atomic E-state index is 0.560. The maximum Gasteiger partial charge on any atom is 0.144 e. The molecule has 0 unspecified atom stereocenters. The third-order valence-electron chi connectivity index (χ3n) is 3.64. The average molecular weight is 226 g/mol. The number of amidine groups is 1. The molecule has 0 atom stereocenters. The number of hydrazine groups is 2. The first-order valence-electron chi connectivity index (χ1n) is 5.91. The van der Waals surface area contributed by atoms with Gasteiger partial charge in [-0.3, -0.25) is 5.01 Å². The second kappa shape index (κ2) is 4.07. The maximum absolute atomic E-state index is 5.69. The summed E-state index contributed by atoms with van der Waals surface area (Å²) in [5, 5.41) is 6.19. The van der Waals surface area contributed by atoms with Gasteiger partial charge < -0.3 is 0 Å². The third-order valence-corrected chi connectivity index (χ3v) is 3.64. The fraction of sp³-hybridized carbons (Fsp3) is 0.417. The number of nitrogens with one attached hydrogen (secondary N) is 2. The second-order valence-corrected chi connectivity index (χ2v) is 4.78. The van der Waals surface area contributed by atoms with E-state index in [2.05, 4.69) is 28.3 Å². The molecule has 0 aromatic heterocycles. The van der Waals surface area contributed by atoms with Crippen LogP contribution in [0.2, 0.25) is 0 Å². The minimum absolute atomic E-state index is 0.560. The van der Waals surface area contributed by atoms with E-state index in [1.54, 1.807) is 0 Å². The summed E-state index contributed by atoms with van der Waals surface area (Å²) in [5.74, 6) is 2.32. The van der Waals surface area contributed by atoms with Crippen LogP contribution >= 0.6 is 0 Å². The molecule has 5 heteroatoms. The number of nitrogens with zero attached hydrogens (tertiary/aromatic N) is 2. The Balaban J connectivity index is 1.63. The van der Waals surface area contributed by atoms with Gasteiger partial charge in [0.05, 0.1) is 0 Å². The molecule has 1 aromatic rings. The van der Waals surface area contributed by atoms with Gasteiger partial charge in [-0.25, -0.2) is 5.53 Å². The van der Waals surface area contributed by atoms with Crippen molar-refractivity contribution in [3.05, 3.63) is 29.8 Å². The predicted molar refractivity (Wildman–Crippen MR) is 68.8 cm³/mol. The van der Waals surface area contributed by atoms with Crippen molar-refractivity contribution in [2.75, 3.05) is 7.05 Å². The highest BCUT2D eigenvalue weighted by Gasteiger charge is 2.36. The lowest BCUT2D eigenvalue weighted by atomic mass is 9.70. The van der Waals surface area contributed by atoms with Gasteiger partial charge in [-0.2, -0.15) is 0 Å². The van der Waals surface area contributed by atoms with Crippen molar-refractivity contribution in [1.82, 2.24) is 16.1 Å². The molecule has 86 valence electrons. The molecule has 3 rings (SSSR count). The van der Waals surface area contributed by atoms with Gasteiger partial charge >= 0.3 is 0 Å². The van der Waals surface area contributed by atoms with Crippen LogP contribution in [-0.2, 0) is 0 Å². The van der Waals surface area contributed by atoms with Crippen LogP contribution in [0.1, 0.15) is 24.3 Å². The lowest BCUT2D eigenvalue weighted by Gasteiger charge is -2.36. The molecule has 4 nitrogen and oxygen atoms in total. The zero-order chi connectivity index (χ0) is 11.8. The summed E-state index contributed by atoms with van der Waals surface area (Å²) < 4.78 is 0. The molecule has 1 aliphatic heterocycles. The molecule has 0 bridgehead atoms. The highest BCUT2D eigenvalue weighted by Crippen LogP contribution is 2.42. The molecule has 1 heterocycles. The molecule has 0 saturated heterocycles. The van der Waals surface area contributed by atoms with E-state index in [-0.39, 0.29) is 0 Å². The molecule has 2 N–H and O–H groups in total. The van der Waals surface area contributed by atoms with Gasteiger partial charge in [0.2, 0.25) is 0 Å². The molecule has 2 aliphatic rings. The van der Waals surface area contributed by atoms with Gasteiger partial charge in [-0.15, -0.1) is 10.6 Å². The van der Waals surface area contributed by atoms with Crippen LogP contribution in [0, 0.1) is 5.92 Å². The van der Waals surface area contributed by atoms with Crippen molar-refractivity contribution >= 4 is 19.1 Å². The SMILES string of the molecule is [B]c1ccc(C2CC(C3=NNNN3C)C2)cc1. The molecular formula is C12H15BN4. The van der Waals surface area contributed by atoms with Gasteiger partial charge in [0, 0.05) is 13.0 Å². The quantitative estimate of drug-likeness (QED) is 0.710. The molecular weight excluding hydrogens is 211 g/mol. The largest absolute Gasteiger partial charge is 0.278 e. The van der Waals surface area contributed by atoms with E-state index >= 15 is 0 Å². The number of hydrazone groups is 1. The fourth-order valence-corrected chi connectivity index (χ4v) is 2.52. The number of benzene rings is 1. The van der Waals surface area contributed by atoms with Crippen LogP contribution in [-0.4, -0.2) is 25.7 Å². The van der Waals surface area contributed by atoms with E-state index in [1.165, 1.54) is 5.56 Å². The van der Waals surface area contributed by atoms with Gasteiger partial charge in [0.15, 0.2) is 0 Å². The Morgan fingerprint density at radius 3 is 2.53 bits per heavy atom. The van der Waals surface area contributed by atoms with Crippen molar-refractivity contribution < 1.29 is 0 Å². The third kappa shape index (κ3) is 1.91. The minimum Gasteiger partial charge on any atom is -0.278 e. The molecule has 17 heavy (non-hydrogen) atoms. The summed E-state index contributed by atoms with van der Waals surface area (Å²) in [4.78, 5) is 0. The van der Waals surface area contributed by atoms with Crippen molar-refractivity contribution in [1.29, 1.82) is 0 Å². The Morgan fingerprint density at radius 2 is 1.94 bits per heavy atom. The normalized spacial score (nSPS) is 27.4. The van der Waals surface area contributed by atoms with E-state index in [1.807, 2.05) is 24.2 Å². The molecule has 1 aromatic carbocycles. The standard InChI is InChI=1S/C12H15BN4/c1-17-12(14-15-16-17)10-6-9(7-10)8-2-4-11(13)5-3-8/h2-5,9-10,15-16H,6-7H2,1H3. The molecule has 1 aliphatic carbocycles. The first-order valence-corrected chi connectivity index (χ1v) is 5.91. The van der Waals surface area contributed by atoms with Crippen LogP contribution in [0.5, 0.6) is 0 Å². The van der Waals surface area contributed by atoms with Crippen LogP contribution < -0.4 is 16.5 Å². The van der Waals surface area contributed by atoms with Gasteiger partial charge in [0.1, 0.15) is 13.7 Å². The summed E-state index contributed by atoms with van der Waals surface area (Å²) in [5.41, 5.74) is 7.94. The van der Waals surface area contributed by atoms with Gasteiger partial charge in [-0.05, 0) is 24.3 Å². The topological polar surface area (TPSA) is 39.7 Å². The summed E-state index contributed by atoms with van der Waals surface area (Å²) in [7, 11) is 7.67. The average Bonchev–Trinajstić information content (AvgIpc) is 2.66. The van der Waals surface area contributed by atoms with E-state index in [9.17, 15) is 0 Å². The van der Waals surface area contributed by atoms with E-state index in [0.717, 1.165) is 24.1 Å². The molecule has 0 spiro atoms. The highest BCUT2D eigenvalue weighted by atomic mass is 15.8. The van der Waals surface area contributed by atoms with E-state index in [0.29, 0.717) is 11.8 Å². The van der Waals surface area contributed by atoms with Gasteiger partial charge in [0.25, 0.3) is 0 Å². The van der Waals surface area contributed by atoms with Gasteiger partial charge in [-0.1, -0.05) is 29.7 Å². The number of hydrogen-bond acceptors (Lipinski definition) is 4. The predicted octanol–water partition coefficient (Wildman–Crippen LogP) is 0.242. The number of hydrogen-bond donors (Lipinski definition) is 2. The monoisotopic (exact) mass is 226 g/mol. The smallest absolute Gasteiger partial charge is 0.144 e. The Bertz CT molecular complexity index is 436. The Labute approximate surface area is 102 Å². The highest BCUT2D eigenvalue weighted by molar-refractivity contribution is 6.32. The molecule has 2 radical (unpaired) electrons. The number of rotatable bonds is 2. The fourth-order valence-electron chi connectivity index (χ4n) is 2.52. The summed E-state index contributed by atoms with van der Waals surface area (Å²) in [6.07, 6.45) is 2.33. The molecule has 1 saturated carbocycles. The Morgan fingerprint density at radius 1 is 1.24 bits per heavy atom. The van der Waals surface area contributed by atoms with Crippen LogP contribution in [0.15, 0.2) is 29.4 Å². The van der Waals surface area contributed by atoms with Crippen LogP contribution in [0.4, 0.5) is 0 Å². The summed E-state index contributed by atoms with van der Waals surface area (Å²) in [6.45, 7) is 0. The van der Waals surface area contributed by atoms with Crippen LogP contribution in [0.3, 0.4) is 0 Å². The molecule has 0 amide bonds. The van der Waals surface area contributed by atoms with Crippen molar-refractivity contribution in [2.45, 2.75) is 18.8 Å². The van der Waals surface area contributed by atoms with Crippen molar-refractivity contribution in [2.24, 2.45) is 11.0 Å². The Hall–Kier alpha value is -1.49. The zero-order valence-corrected chi connectivity index (χ0v) is 9.85. The van der Waals surface area contributed by atoms with E-state index < -0.39 is 0 Å². The zero-order valence-electron chi connectivity index (χ0n) is 9.85. The maximum atomic E-state index is 5.69. The Kier molecular flexibility index (Phi) is 2.55. The van der Waals surface area contributed by atoms with Crippen molar-refractivity contribution in [3.8, 4) is 0 Å². The molecule has 1 fully saturated rings.